The maximum absolute atomic E-state index is 10.9. The Morgan fingerprint density at radius 1 is 1.44 bits per heavy atom. The first-order valence-electron chi connectivity index (χ1n) is 5.83. The van der Waals surface area contributed by atoms with Crippen molar-refractivity contribution in [3.63, 3.8) is 0 Å². The summed E-state index contributed by atoms with van der Waals surface area (Å²) in [4.78, 5) is 14.3. The van der Waals surface area contributed by atoms with Gasteiger partial charge < -0.3 is 10.4 Å². The van der Waals surface area contributed by atoms with Gasteiger partial charge in [-0.05, 0) is 18.9 Å². The highest BCUT2D eigenvalue weighted by Crippen LogP contribution is 2.28. The SMILES string of the molecule is O=[N+]([O-])c1ccc(Cl)nc1NC1CCCCC1O. The fourth-order valence-electron chi connectivity index (χ4n) is 2.14. The summed E-state index contributed by atoms with van der Waals surface area (Å²) in [7, 11) is 0. The maximum atomic E-state index is 10.9. The molecule has 1 saturated carbocycles. The van der Waals surface area contributed by atoms with Crippen molar-refractivity contribution in [1.29, 1.82) is 0 Å². The Labute approximate surface area is 109 Å². The van der Waals surface area contributed by atoms with Gasteiger partial charge in [-0.3, -0.25) is 10.1 Å². The van der Waals surface area contributed by atoms with Crippen molar-refractivity contribution in [3.05, 3.63) is 27.4 Å². The molecule has 6 nitrogen and oxygen atoms in total. The molecule has 0 aliphatic heterocycles. The minimum atomic E-state index is -0.513. The molecule has 98 valence electrons. The minimum Gasteiger partial charge on any atom is -0.391 e. The summed E-state index contributed by atoms with van der Waals surface area (Å²) < 4.78 is 0. The number of halogens is 1. The number of nitrogens with zero attached hydrogens (tertiary/aromatic N) is 2. The summed E-state index contributed by atoms with van der Waals surface area (Å²) in [6.45, 7) is 0. The second-order valence-electron chi connectivity index (χ2n) is 4.36. The quantitative estimate of drug-likeness (QED) is 0.500. The number of hydrogen-bond donors (Lipinski definition) is 2. The molecule has 2 unspecified atom stereocenters. The molecule has 1 aliphatic carbocycles. The van der Waals surface area contributed by atoms with E-state index < -0.39 is 11.0 Å². The molecule has 1 aromatic rings. The van der Waals surface area contributed by atoms with Crippen LogP contribution in [-0.2, 0) is 0 Å². The van der Waals surface area contributed by atoms with Gasteiger partial charge in [0.25, 0.3) is 0 Å². The van der Waals surface area contributed by atoms with Crippen LogP contribution in [-0.4, -0.2) is 27.2 Å². The third kappa shape index (κ3) is 2.88. The molecule has 0 amide bonds. The zero-order valence-electron chi connectivity index (χ0n) is 9.67. The Morgan fingerprint density at radius 3 is 2.83 bits per heavy atom. The van der Waals surface area contributed by atoms with Crippen molar-refractivity contribution in [2.75, 3.05) is 5.32 Å². The van der Waals surface area contributed by atoms with E-state index in [0.717, 1.165) is 19.3 Å². The van der Waals surface area contributed by atoms with Crippen molar-refractivity contribution < 1.29 is 10.0 Å². The van der Waals surface area contributed by atoms with E-state index in [9.17, 15) is 15.2 Å². The van der Waals surface area contributed by atoms with Crippen LogP contribution >= 0.6 is 11.6 Å². The Balaban J connectivity index is 2.21. The third-order valence-corrected chi connectivity index (χ3v) is 3.30. The van der Waals surface area contributed by atoms with Crippen molar-refractivity contribution in [1.82, 2.24) is 4.98 Å². The lowest BCUT2D eigenvalue weighted by atomic mass is 9.92. The Kier molecular flexibility index (Phi) is 3.98. The predicted octanol–water partition coefficient (Wildman–Crippen LogP) is 2.36. The van der Waals surface area contributed by atoms with E-state index in [1.54, 1.807) is 0 Å². The van der Waals surface area contributed by atoms with Crippen molar-refractivity contribution in [2.24, 2.45) is 0 Å². The smallest absolute Gasteiger partial charge is 0.311 e. The Morgan fingerprint density at radius 2 is 2.17 bits per heavy atom. The monoisotopic (exact) mass is 271 g/mol. The van der Waals surface area contributed by atoms with Gasteiger partial charge in [0.15, 0.2) is 0 Å². The average molecular weight is 272 g/mol. The van der Waals surface area contributed by atoms with E-state index in [1.807, 2.05) is 0 Å². The lowest BCUT2D eigenvalue weighted by molar-refractivity contribution is -0.384. The van der Waals surface area contributed by atoms with Crippen LogP contribution in [0.2, 0.25) is 5.15 Å². The largest absolute Gasteiger partial charge is 0.391 e. The number of hydrogen-bond acceptors (Lipinski definition) is 5. The number of aromatic nitrogens is 1. The normalized spacial score (nSPS) is 23.7. The van der Waals surface area contributed by atoms with Gasteiger partial charge in [0.1, 0.15) is 5.15 Å². The molecule has 7 heteroatoms. The topological polar surface area (TPSA) is 88.3 Å². The van der Waals surface area contributed by atoms with Crippen molar-refractivity contribution in [2.45, 2.75) is 37.8 Å². The molecule has 1 aromatic heterocycles. The zero-order chi connectivity index (χ0) is 13.1. The van der Waals surface area contributed by atoms with Crippen LogP contribution < -0.4 is 5.32 Å². The predicted molar refractivity (Wildman–Crippen MR) is 67.8 cm³/mol. The number of aliphatic hydroxyl groups is 1. The summed E-state index contributed by atoms with van der Waals surface area (Å²) in [5, 5.41) is 23.8. The molecule has 18 heavy (non-hydrogen) atoms. The van der Waals surface area contributed by atoms with E-state index in [-0.39, 0.29) is 22.7 Å². The molecule has 0 bridgehead atoms. The van der Waals surface area contributed by atoms with Crippen LogP contribution in [0.5, 0.6) is 0 Å². The number of anilines is 1. The summed E-state index contributed by atoms with van der Waals surface area (Å²) in [6.07, 6.45) is 2.94. The van der Waals surface area contributed by atoms with Crippen LogP contribution in [0.4, 0.5) is 11.5 Å². The van der Waals surface area contributed by atoms with Crippen LogP contribution in [0.3, 0.4) is 0 Å². The van der Waals surface area contributed by atoms with Crippen LogP contribution in [0, 0.1) is 10.1 Å². The third-order valence-electron chi connectivity index (χ3n) is 3.09. The first-order valence-corrected chi connectivity index (χ1v) is 6.21. The molecular formula is C11H14ClN3O3. The molecule has 0 spiro atoms. The van der Waals surface area contributed by atoms with Gasteiger partial charge in [-0.1, -0.05) is 24.4 Å². The molecule has 1 heterocycles. The number of nitrogens with one attached hydrogen (secondary N) is 1. The summed E-state index contributed by atoms with van der Waals surface area (Å²) in [6, 6.07) is 2.48. The summed E-state index contributed by atoms with van der Waals surface area (Å²) >= 11 is 5.74. The molecular weight excluding hydrogens is 258 g/mol. The zero-order valence-corrected chi connectivity index (χ0v) is 10.4. The molecule has 2 rings (SSSR count). The van der Waals surface area contributed by atoms with E-state index in [1.165, 1.54) is 12.1 Å². The highest BCUT2D eigenvalue weighted by atomic mass is 35.5. The molecule has 0 saturated heterocycles. The van der Waals surface area contributed by atoms with Gasteiger partial charge in [0.05, 0.1) is 17.1 Å². The Hall–Kier alpha value is -1.40. The molecule has 0 radical (unpaired) electrons. The summed E-state index contributed by atoms with van der Waals surface area (Å²) in [5.41, 5.74) is -0.128. The first kappa shape index (κ1) is 13.0. The van der Waals surface area contributed by atoms with Crippen LogP contribution in [0.25, 0.3) is 0 Å². The van der Waals surface area contributed by atoms with Gasteiger partial charge in [-0.25, -0.2) is 4.98 Å². The van der Waals surface area contributed by atoms with E-state index in [0.29, 0.717) is 6.42 Å². The second kappa shape index (κ2) is 5.49. The number of rotatable bonds is 3. The fourth-order valence-corrected chi connectivity index (χ4v) is 2.28. The standard InChI is InChI=1S/C11H14ClN3O3/c12-10-6-5-8(15(17)18)11(14-10)13-7-3-1-2-4-9(7)16/h5-7,9,16H,1-4H2,(H,13,14). The van der Waals surface area contributed by atoms with Gasteiger partial charge in [0.2, 0.25) is 5.82 Å². The van der Waals surface area contributed by atoms with Crippen molar-refractivity contribution in [3.8, 4) is 0 Å². The lowest BCUT2D eigenvalue weighted by Crippen LogP contribution is -2.36. The van der Waals surface area contributed by atoms with Crippen LogP contribution in [0.1, 0.15) is 25.7 Å². The average Bonchev–Trinajstić information content (AvgIpc) is 2.32. The molecule has 2 atom stereocenters. The molecule has 0 aromatic carbocycles. The fraction of sp³-hybridized carbons (Fsp3) is 0.545. The van der Waals surface area contributed by atoms with Crippen LogP contribution in [0.15, 0.2) is 12.1 Å². The van der Waals surface area contributed by atoms with E-state index >= 15 is 0 Å². The molecule has 2 N–H and O–H groups in total. The molecule has 1 fully saturated rings. The highest BCUT2D eigenvalue weighted by Gasteiger charge is 2.26. The summed E-state index contributed by atoms with van der Waals surface area (Å²) in [5.74, 6) is 0.124. The van der Waals surface area contributed by atoms with Gasteiger partial charge in [-0.2, -0.15) is 0 Å². The number of aliphatic hydroxyl groups excluding tert-OH is 1. The van der Waals surface area contributed by atoms with Gasteiger partial charge >= 0.3 is 5.69 Å². The van der Waals surface area contributed by atoms with E-state index in [4.69, 9.17) is 11.6 Å². The van der Waals surface area contributed by atoms with Gasteiger partial charge in [0, 0.05) is 6.07 Å². The van der Waals surface area contributed by atoms with Crippen molar-refractivity contribution >= 4 is 23.1 Å². The number of nitro groups is 1. The highest BCUT2D eigenvalue weighted by molar-refractivity contribution is 6.29. The first-order chi connectivity index (χ1) is 8.58. The van der Waals surface area contributed by atoms with E-state index in [2.05, 4.69) is 10.3 Å². The minimum absolute atomic E-state index is 0.124. The lowest BCUT2D eigenvalue weighted by Gasteiger charge is -2.28. The molecule has 1 aliphatic rings. The number of pyridine rings is 1. The second-order valence-corrected chi connectivity index (χ2v) is 4.75. The Bertz CT molecular complexity index is 455. The maximum Gasteiger partial charge on any atom is 0.311 e. The van der Waals surface area contributed by atoms with Gasteiger partial charge in [-0.15, -0.1) is 0 Å².